The molecule has 4 nitrogen and oxygen atoms in total. The molecule has 0 heterocycles. The summed E-state index contributed by atoms with van der Waals surface area (Å²) in [5, 5.41) is 5.02. The van der Waals surface area contributed by atoms with E-state index in [4.69, 9.17) is 9.88 Å². The van der Waals surface area contributed by atoms with Gasteiger partial charge in [-0.3, -0.25) is 0 Å². The number of hydrogen-bond donors (Lipinski definition) is 1. The molecule has 0 saturated carbocycles. The van der Waals surface area contributed by atoms with Gasteiger partial charge in [0.1, 0.15) is 10.6 Å². The first-order valence-corrected chi connectivity index (χ1v) is 6.94. The highest BCUT2D eigenvalue weighted by molar-refractivity contribution is 14.1. The molecule has 0 fully saturated rings. The van der Waals surface area contributed by atoms with Crippen LogP contribution in [0, 0.1) is 3.57 Å². The number of ether oxygens (including phenoxy) is 1. The molecule has 0 amide bonds. The molecule has 1 aromatic carbocycles. The maximum Gasteiger partial charge on any atom is 0.242 e. The molecule has 2 N–H and O–H groups in total. The molecule has 0 aliphatic heterocycles. The quantitative estimate of drug-likeness (QED) is 0.835. The molecule has 1 aromatic rings. The average molecular weight is 343 g/mol. The molecule has 15 heavy (non-hydrogen) atoms. The van der Waals surface area contributed by atoms with E-state index in [0.29, 0.717) is 3.57 Å². The van der Waals surface area contributed by atoms with E-state index in [0.717, 1.165) is 0 Å². The molecule has 0 aliphatic carbocycles. The van der Waals surface area contributed by atoms with E-state index in [9.17, 15) is 8.42 Å². The Kier molecular flexibility index (Phi) is 6.15. The monoisotopic (exact) mass is 343 g/mol. The van der Waals surface area contributed by atoms with E-state index in [-0.39, 0.29) is 10.6 Å². The van der Waals surface area contributed by atoms with Crippen LogP contribution in [0.2, 0.25) is 0 Å². The van der Waals surface area contributed by atoms with Crippen LogP contribution in [0.1, 0.15) is 13.8 Å². The largest absolute Gasteiger partial charge is 0.495 e. The molecule has 0 atom stereocenters. The summed E-state index contributed by atoms with van der Waals surface area (Å²) < 4.78 is 27.7. The van der Waals surface area contributed by atoms with Gasteiger partial charge in [-0.25, -0.2) is 13.6 Å². The summed E-state index contributed by atoms with van der Waals surface area (Å²) in [7, 11) is -2.31. The van der Waals surface area contributed by atoms with Crippen LogP contribution in [0.25, 0.3) is 0 Å². The van der Waals surface area contributed by atoms with Gasteiger partial charge < -0.3 is 4.74 Å². The van der Waals surface area contributed by atoms with Gasteiger partial charge in [-0.05, 0) is 34.7 Å². The van der Waals surface area contributed by atoms with E-state index in [1.54, 1.807) is 18.2 Å². The minimum Gasteiger partial charge on any atom is -0.495 e. The minimum absolute atomic E-state index is 0.0399. The topological polar surface area (TPSA) is 69.4 Å². The predicted molar refractivity (Wildman–Crippen MR) is 68.4 cm³/mol. The summed E-state index contributed by atoms with van der Waals surface area (Å²) in [6, 6.07) is 4.92. The second kappa shape index (κ2) is 6.29. The van der Waals surface area contributed by atoms with Crippen LogP contribution < -0.4 is 9.88 Å². The van der Waals surface area contributed by atoms with E-state index in [1.165, 1.54) is 7.11 Å². The van der Waals surface area contributed by atoms with Crippen molar-refractivity contribution in [1.29, 1.82) is 0 Å². The lowest BCUT2D eigenvalue weighted by Crippen LogP contribution is -2.14. The highest BCUT2D eigenvalue weighted by Gasteiger charge is 2.17. The summed E-state index contributed by atoms with van der Waals surface area (Å²) >= 11 is 1.90. The average Bonchev–Trinajstić information content (AvgIpc) is 2.18. The van der Waals surface area contributed by atoms with E-state index in [1.807, 2.05) is 36.4 Å². The molecule has 86 valence electrons. The van der Waals surface area contributed by atoms with E-state index >= 15 is 0 Å². The summed E-state index contributed by atoms with van der Waals surface area (Å²) in [6.45, 7) is 4.00. The fourth-order valence-corrected chi connectivity index (χ4v) is 3.09. The predicted octanol–water partition coefficient (Wildman–Crippen LogP) is 1.97. The van der Waals surface area contributed by atoms with Crippen molar-refractivity contribution >= 4 is 32.6 Å². The number of sulfonamides is 1. The maximum atomic E-state index is 11.1. The van der Waals surface area contributed by atoms with Crippen molar-refractivity contribution in [3.05, 3.63) is 21.8 Å². The number of benzene rings is 1. The van der Waals surface area contributed by atoms with Crippen molar-refractivity contribution < 1.29 is 13.2 Å². The first kappa shape index (κ1) is 14.7. The number of nitrogens with two attached hydrogens (primary N) is 1. The maximum absolute atomic E-state index is 11.1. The van der Waals surface area contributed by atoms with E-state index < -0.39 is 10.0 Å². The zero-order chi connectivity index (χ0) is 12.1. The number of methoxy groups -OCH3 is 1. The van der Waals surface area contributed by atoms with Crippen molar-refractivity contribution in [2.45, 2.75) is 18.7 Å². The number of primary sulfonamides is 1. The molecule has 0 saturated heterocycles. The van der Waals surface area contributed by atoms with Crippen molar-refractivity contribution in [2.75, 3.05) is 7.11 Å². The Balaban J connectivity index is 0.000000921. The highest BCUT2D eigenvalue weighted by Crippen LogP contribution is 2.26. The van der Waals surface area contributed by atoms with Crippen LogP contribution in [-0.4, -0.2) is 15.5 Å². The molecule has 0 unspecified atom stereocenters. The third kappa shape index (κ3) is 3.96. The molecule has 0 radical (unpaired) electrons. The normalized spacial score (nSPS) is 10.2. The van der Waals surface area contributed by atoms with Crippen LogP contribution in [-0.2, 0) is 10.0 Å². The SMILES string of the molecule is CC.COc1cccc(I)c1S(N)(=O)=O. The fourth-order valence-electron chi connectivity index (χ4n) is 0.926. The number of hydrogen-bond acceptors (Lipinski definition) is 3. The number of halogens is 1. The summed E-state index contributed by atoms with van der Waals surface area (Å²) in [6.07, 6.45) is 0. The van der Waals surface area contributed by atoms with Crippen molar-refractivity contribution in [3.63, 3.8) is 0 Å². The second-order valence-electron chi connectivity index (χ2n) is 2.32. The number of rotatable bonds is 2. The Morgan fingerprint density at radius 3 is 2.20 bits per heavy atom. The Morgan fingerprint density at radius 1 is 1.33 bits per heavy atom. The van der Waals surface area contributed by atoms with Gasteiger partial charge in [0.15, 0.2) is 0 Å². The van der Waals surface area contributed by atoms with Gasteiger partial charge in [-0.2, -0.15) is 0 Å². The Morgan fingerprint density at radius 2 is 1.87 bits per heavy atom. The summed E-state index contributed by atoms with van der Waals surface area (Å²) in [5.41, 5.74) is 0. The molecule has 6 heteroatoms. The third-order valence-corrected chi connectivity index (χ3v) is 3.69. The highest BCUT2D eigenvalue weighted by atomic mass is 127. The standard InChI is InChI=1S/C7H8INO3S.C2H6/c1-12-6-4-2-3-5(8)7(6)13(9,10)11;1-2/h2-4H,1H3,(H2,9,10,11);1-2H3. The van der Waals surface area contributed by atoms with Gasteiger partial charge in [0.2, 0.25) is 10.0 Å². The smallest absolute Gasteiger partial charge is 0.242 e. The lowest BCUT2D eigenvalue weighted by atomic mass is 10.3. The second-order valence-corrected chi connectivity index (χ2v) is 4.98. The lowest BCUT2D eigenvalue weighted by molar-refractivity contribution is 0.402. The van der Waals surface area contributed by atoms with Gasteiger partial charge in [0.25, 0.3) is 0 Å². The Hall–Kier alpha value is -0.340. The van der Waals surface area contributed by atoms with Gasteiger partial charge in [-0.15, -0.1) is 0 Å². The van der Waals surface area contributed by atoms with Crippen LogP contribution in [0.5, 0.6) is 5.75 Å². The summed E-state index contributed by atoms with van der Waals surface area (Å²) in [4.78, 5) is 0.0399. The van der Waals surface area contributed by atoms with E-state index in [2.05, 4.69) is 0 Å². The van der Waals surface area contributed by atoms with Crippen LogP contribution in [0.4, 0.5) is 0 Å². The third-order valence-electron chi connectivity index (χ3n) is 1.44. The first-order chi connectivity index (χ1) is 6.96. The molecule has 1 rings (SSSR count). The van der Waals surface area contributed by atoms with Crippen molar-refractivity contribution in [3.8, 4) is 5.75 Å². The molecular weight excluding hydrogens is 329 g/mol. The molecule has 0 spiro atoms. The molecular formula is C9H14INO3S. The lowest BCUT2D eigenvalue weighted by Gasteiger charge is -2.07. The minimum atomic E-state index is -3.71. The fraction of sp³-hybridized carbons (Fsp3) is 0.333. The van der Waals surface area contributed by atoms with Gasteiger partial charge in [0, 0.05) is 3.57 Å². The Labute approximate surface area is 104 Å². The molecule has 0 aromatic heterocycles. The zero-order valence-corrected chi connectivity index (χ0v) is 11.8. The van der Waals surface area contributed by atoms with Crippen LogP contribution in [0.15, 0.2) is 23.1 Å². The van der Waals surface area contributed by atoms with Crippen molar-refractivity contribution in [1.82, 2.24) is 0 Å². The van der Waals surface area contributed by atoms with Gasteiger partial charge in [0.05, 0.1) is 7.11 Å². The zero-order valence-electron chi connectivity index (χ0n) is 8.82. The van der Waals surface area contributed by atoms with Crippen molar-refractivity contribution in [2.24, 2.45) is 5.14 Å². The molecule has 0 aliphatic rings. The van der Waals surface area contributed by atoms with Crippen LogP contribution >= 0.6 is 22.6 Å². The van der Waals surface area contributed by atoms with Crippen LogP contribution in [0.3, 0.4) is 0 Å². The Bertz CT molecular complexity index is 417. The first-order valence-electron chi connectivity index (χ1n) is 4.32. The molecule has 0 bridgehead atoms. The van der Waals surface area contributed by atoms with Gasteiger partial charge in [-0.1, -0.05) is 19.9 Å². The summed E-state index contributed by atoms with van der Waals surface area (Å²) in [5.74, 6) is 0.273. The van der Waals surface area contributed by atoms with Gasteiger partial charge >= 0.3 is 0 Å².